The number of hydrogen-bond acceptors (Lipinski definition) is 3. The summed E-state index contributed by atoms with van der Waals surface area (Å²) < 4.78 is 13.5. The van der Waals surface area contributed by atoms with E-state index in [0.29, 0.717) is 11.3 Å². The Labute approximate surface area is 140 Å². The van der Waals surface area contributed by atoms with E-state index in [9.17, 15) is 9.18 Å². The molecule has 0 radical (unpaired) electrons. The molecule has 2 aromatic carbocycles. The number of carbonyl (C=O) groups excluding carboxylic acids is 1. The van der Waals surface area contributed by atoms with Crippen LogP contribution in [0.3, 0.4) is 0 Å². The van der Waals surface area contributed by atoms with Crippen LogP contribution in [0, 0.1) is 31.0 Å². The first kappa shape index (κ1) is 17.2. The Balaban J connectivity index is 2.03. The first-order valence-electron chi connectivity index (χ1n) is 7.47. The van der Waals surface area contributed by atoms with E-state index in [-0.39, 0.29) is 17.9 Å². The Morgan fingerprint density at radius 2 is 2.00 bits per heavy atom. The van der Waals surface area contributed by atoms with E-state index < -0.39 is 5.91 Å². The molecule has 2 aromatic rings. The average molecular weight is 323 g/mol. The zero-order valence-corrected chi connectivity index (χ0v) is 13.6. The van der Waals surface area contributed by atoms with Crippen LogP contribution in [0.5, 0.6) is 0 Å². The van der Waals surface area contributed by atoms with E-state index >= 15 is 0 Å². The summed E-state index contributed by atoms with van der Waals surface area (Å²) in [7, 11) is 0. The van der Waals surface area contributed by atoms with Gasteiger partial charge in [0, 0.05) is 24.0 Å². The average Bonchev–Trinajstić information content (AvgIpc) is 2.55. The maximum atomic E-state index is 13.5. The lowest BCUT2D eigenvalue weighted by molar-refractivity contribution is -0.112. The maximum Gasteiger partial charge on any atom is 0.267 e. The van der Waals surface area contributed by atoms with Gasteiger partial charge in [-0.3, -0.25) is 4.79 Å². The molecule has 0 aliphatic heterocycles. The third-order valence-corrected chi connectivity index (χ3v) is 3.49. The van der Waals surface area contributed by atoms with Crippen LogP contribution in [-0.2, 0) is 11.3 Å². The van der Waals surface area contributed by atoms with Crippen molar-refractivity contribution in [2.24, 2.45) is 0 Å². The fraction of sp³-hybridized carbons (Fsp3) is 0.158. The van der Waals surface area contributed by atoms with Crippen LogP contribution in [0.25, 0.3) is 0 Å². The summed E-state index contributed by atoms with van der Waals surface area (Å²) >= 11 is 0. The fourth-order valence-electron chi connectivity index (χ4n) is 2.20. The highest BCUT2D eigenvalue weighted by Gasteiger charge is 2.10. The Bertz CT molecular complexity index is 822. The molecule has 0 heterocycles. The highest BCUT2D eigenvalue weighted by atomic mass is 19.1. The molecule has 0 bridgehead atoms. The van der Waals surface area contributed by atoms with Crippen molar-refractivity contribution < 1.29 is 9.18 Å². The van der Waals surface area contributed by atoms with Gasteiger partial charge in [0.25, 0.3) is 5.91 Å². The van der Waals surface area contributed by atoms with Gasteiger partial charge in [-0.15, -0.1) is 0 Å². The molecule has 24 heavy (non-hydrogen) atoms. The number of nitriles is 1. The van der Waals surface area contributed by atoms with Crippen LogP contribution in [0.2, 0.25) is 0 Å². The van der Waals surface area contributed by atoms with Gasteiger partial charge in [0.2, 0.25) is 0 Å². The normalized spacial score (nSPS) is 10.8. The molecule has 0 atom stereocenters. The number of anilines is 1. The topological polar surface area (TPSA) is 64.9 Å². The number of rotatable bonds is 5. The smallest absolute Gasteiger partial charge is 0.267 e. The van der Waals surface area contributed by atoms with E-state index in [1.165, 1.54) is 12.3 Å². The van der Waals surface area contributed by atoms with Gasteiger partial charge in [0.1, 0.15) is 17.5 Å². The van der Waals surface area contributed by atoms with E-state index in [2.05, 4.69) is 10.6 Å². The molecule has 0 fully saturated rings. The van der Waals surface area contributed by atoms with Crippen molar-refractivity contribution in [3.8, 4) is 6.07 Å². The second-order valence-corrected chi connectivity index (χ2v) is 5.41. The molecule has 2 rings (SSSR count). The Morgan fingerprint density at radius 3 is 2.67 bits per heavy atom. The molecule has 0 aliphatic carbocycles. The second kappa shape index (κ2) is 7.93. The van der Waals surface area contributed by atoms with Crippen LogP contribution < -0.4 is 10.6 Å². The maximum absolute atomic E-state index is 13.5. The Hall–Kier alpha value is -3.13. The minimum atomic E-state index is -0.509. The molecular weight excluding hydrogens is 305 g/mol. The predicted octanol–water partition coefficient (Wildman–Crippen LogP) is 3.58. The van der Waals surface area contributed by atoms with E-state index in [0.717, 1.165) is 11.1 Å². The first-order valence-corrected chi connectivity index (χ1v) is 7.47. The van der Waals surface area contributed by atoms with Crippen molar-refractivity contribution in [1.29, 1.82) is 5.26 Å². The molecule has 0 saturated heterocycles. The van der Waals surface area contributed by atoms with Crippen LogP contribution in [0.15, 0.2) is 54.2 Å². The number of hydrogen-bond donors (Lipinski definition) is 2. The summed E-state index contributed by atoms with van der Waals surface area (Å²) in [6.45, 7) is 4.04. The molecule has 4 nitrogen and oxygen atoms in total. The number of nitrogens with zero attached hydrogens (tertiary/aromatic N) is 1. The fourth-order valence-corrected chi connectivity index (χ4v) is 2.20. The van der Waals surface area contributed by atoms with Gasteiger partial charge in [0.05, 0.1) is 0 Å². The molecule has 0 aromatic heterocycles. The van der Waals surface area contributed by atoms with Gasteiger partial charge in [-0.25, -0.2) is 4.39 Å². The SMILES string of the molecule is Cc1ccc(NC(=O)/C(C#N)=C\NCc2ccccc2F)c(C)c1. The van der Waals surface area contributed by atoms with Crippen LogP contribution in [-0.4, -0.2) is 5.91 Å². The van der Waals surface area contributed by atoms with Gasteiger partial charge in [0.15, 0.2) is 0 Å². The van der Waals surface area contributed by atoms with Crippen LogP contribution in [0.4, 0.5) is 10.1 Å². The second-order valence-electron chi connectivity index (χ2n) is 5.41. The number of carbonyl (C=O) groups is 1. The molecular formula is C19H18FN3O. The van der Waals surface area contributed by atoms with Gasteiger partial charge < -0.3 is 10.6 Å². The number of nitrogens with one attached hydrogen (secondary N) is 2. The van der Waals surface area contributed by atoms with E-state index in [1.807, 2.05) is 32.0 Å². The van der Waals surface area contributed by atoms with Crippen molar-refractivity contribution in [3.05, 3.63) is 76.7 Å². The minimum absolute atomic E-state index is 0.0775. The molecule has 2 N–H and O–H groups in total. The monoisotopic (exact) mass is 323 g/mol. The van der Waals surface area contributed by atoms with E-state index in [4.69, 9.17) is 5.26 Å². The lowest BCUT2D eigenvalue weighted by Gasteiger charge is -2.09. The summed E-state index contributed by atoms with van der Waals surface area (Å²) in [5.41, 5.74) is 3.04. The highest BCUT2D eigenvalue weighted by molar-refractivity contribution is 6.06. The summed E-state index contributed by atoms with van der Waals surface area (Å²) in [4.78, 5) is 12.2. The zero-order valence-electron chi connectivity index (χ0n) is 13.6. The van der Waals surface area contributed by atoms with Gasteiger partial charge >= 0.3 is 0 Å². The number of halogens is 1. The summed E-state index contributed by atoms with van der Waals surface area (Å²) in [5.74, 6) is -0.845. The molecule has 0 saturated carbocycles. The predicted molar refractivity (Wildman–Crippen MR) is 91.5 cm³/mol. The van der Waals surface area contributed by atoms with Crippen molar-refractivity contribution in [2.75, 3.05) is 5.32 Å². The highest BCUT2D eigenvalue weighted by Crippen LogP contribution is 2.16. The standard InChI is InChI=1S/C19H18FN3O/c1-13-7-8-18(14(2)9-13)23-19(24)16(10-21)12-22-11-15-5-3-4-6-17(15)20/h3-9,12,22H,11H2,1-2H3,(H,23,24)/b16-12-. The number of amides is 1. The van der Waals surface area contributed by atoms with Crippen LogP contribution >= 0.6 is 0 Å². The molecule has 1 amide bonds. The molecule has 0 unspecified atom stereocenters. The van der Waals surface area contributed by atoms with Gasteiger partial charge in [-0.2, -0.15) is 5.26 Å². The van der Waals surface area contributed by atoms with Crippen molar-refractivity contribution in [1.82, 2.24) is 5.32 Å². The number of aryl methyl sites for hydroxylation is 2. The third kappa shape index (κ3) is 4.43. The molecule has 0 spiro atoms. The lowest BCUT2D eigenvalue weighted by Crippen LogP contribution is -2.17. The molecule has 5 heteroatoms. The van der Waals surface area contributed by atoms with Crippen LogP contribution in [0.1, 0.15) is 16.7 Å². The Morgan fingerprint density at radius 1 is 1.25 bits per heavy atom. The molecule has 0 aliphatic rings. The minimum Gasteiger partial charge on any atom is -0.385 e. The van der Waals surface area contributed by atoms with Gasteiger partial charge in [-0.1, -0.05) is 35.9 Å². The van der Waals surface area contributed by atoms with Crippen molar-refractivity contribution >= 4 is 11.6 Å². The Kier molecular flexibility index (Phi) is 5.69. The zero-order chi connectivity index (χ0) is 17.5. The first-order chi connectivity index (χ1) is 11.5. The van der Waals surface area contributed by atoms with Crippen molar-refractivity contribution in [2.45, 2.75) is 20.4 Å². The summed E-state index contributed by atoms with van der Waals surface area (Å²) in [6, 6.07) is 13.8. The quantitative estimate of drug-likeness (QED) is 0.653. The van der Waals surface area contributed by atoms with Gasteiger partial charge in [-0.05, 0) is 31.5 Å². The summed E-state index contributed by atoms with van der Waals surface area (Å²) in [6.07, 6.45) is 1.30. The molecule has 122 valence electrons. The largest absolute Gasteiger partial charge is 0.385 e. The lowest BCUT2D eigenvalue weighted by atomic mass is 10.1. The summed E-state index contributed by atoms with van der Waals surface area (Å²) in [5, 5.41) is 14.6. The number of benzene rings is 2. The van der Waals surface area contributed by atoms with E-state index in [1.54, 1.807) is 24.3 Å². The third-order valence-electron chi connectivity index (χ3n) is 3.49. The van der Waals surface area contributed by atoms with Crippen molar-refractivity contribution in [3.63, 3.8) is 0 Å².